The highest BCUT2D eigenvalue weighted by Gasteiger charge is 2.45. The molecule has 0 radical (unpaired) electrons. The Morgan fingerprint density at radius 2 is 1.18 bits per heavy atom. The second-order valence-electron chi connectivity index (χ2n) is 20.4. The van der Waals surface area contributed by atoms with Gasteiger partial charge in [-0.25, -0.2) is 15.0 Å². The lowest BCUT2D eigenvalue weighted by Gasteiger charge is -2.39. The number of hydrogen-bond donors (Lipinski definition) is 0. The van der Waals surface area contributed by atoms with Crippen molar-refractivity contribution in [1.82, 2.24) is 15.0 Å². The monoisotopic (exact) mass is 935 g/mol. The number of allylic oxidation sites excluding steroid dienone is 2. The second kappa shape index (κ2) is 17.6. The number of rotatable bonds is 9. The molecule has 1 aromatic heterocycles. The van der Waals surface area contributed by atoms with Crippen LogP contribution in [0, 0.1) is 19.8 Å². The van der Waals surface area contributed by atoms with Gasteiger partial charge in [-0.2, -0.15) is 0 Å². The van der Waals surface area contributed by atoms with E-state index in [4.69, 9.17) is 19.7 Å². The van der Waals surface area contributed by atoms with Gasteiger partial charge in [0, 0.05) is 40.0 Å². The van der Waals surface area contributed by atoms with Crippen molar-refractivity contribution in [3.63, 3.8) is 0 Å². The zero-order chi connectivity index (χ0) is 48.4. The van der Waals surface area contributed by atoms with Crippen LogP contribution in [0.25, 0.3) is 56.2 Å². The Morgan fingerprint density at radius 1 is 0.549 bits per heavy atom. The minimum atomic E-state index is -2.65. The first kappa shape index (κ1) is 44.5. The molecule has 2 aliphatic carbocycles. The fraction of sp³-hybridized carbons (Fsp3) is 0.167. The van der Waals surface area contributed by atoms with Crippen molar-refractivity contribution in [2.75, 3.05) is 0 Å². The van der Waals surface area contributed by atoms with Gasteiger partial charge in [-0.3, -0.25) is 0 Å². The minimum absolute atomic E-state index is 0.0340. The SMILES string of the molecule is Cc1cccc([Si](c2ccccc2)(c2ccc(-c3ccc4c(c3)OC3CC=CC(c5nc(-c6ccccc6)nc(-c6cc(C)c7c(c6)C(C)(C)c6ccccc6-7)n5)=C4[C@H]3C)cc2)[C@H](C)c2ccccc2)c1. The first-order valence-electron chi connectivity index (χ1n) is 25.2. The van der Waals surface area contributed by atoms with Crippen LogP contribution in [0.2, 0.25) is 0 Å². The van der Waals surface area contributed by atoms with Crippen LogP contribution < -0.4 is 20.3 Å². The van der Waals surface area contributed by atoms with Gasteiger partial charge in [0.25, 0.3) is 0 Å². The summed E-state index contributed by atoms with van der Waals surface area (Å²) in [6.45, 7) is 13.8. The van der Waals surface area contributed by atoms with Crippen molar-refractivity contribution in [1.29, 1.82) is 0 Å². The van der Waals surface area contributed by atoms with E-state index in [0.29, 0.717) is 17.5 Å². The molecule has 0 amide bonds. The van der Waals surface area contributed by atoms with E-state index in [1.165, 1.54) is 60.1 Å². The molecule has 71 heavy (non-hydrogen) atoms. The van der Waals surface area contributed by atoms with Crippen LogP contribution in [0.5, 0.6) is 5.75 Å². The molecule has 12 rings (SSSR count). The molecule has 4 nitrogen and oxygen atoms in total. The quantitative estimate of drug-likeness (QED) is 0.107. The molecule has 2 bridgehead atoms. The summed E-state index contributed by atoms with van der Waals surface area (Å²) >= 11 is 0. The largest absolute Gasteiger partial charge is 0.489 e. The molecule has 3 aliphatic rings. The first-order chi connectivity index (χ1) is 34.6. The molecule has 346 valence electrons. The Kier molecular flexibility index (Phi) is 11.0. The topological polar surface area (TPSA) is 47.9 Å². The minimum Gasteiger partial charge on any atom is -0.489 e. The number of aromatic nitrogens is 3. The van der Waals surface area contributed by atoms with Gasteiger partial charge < -0.3 is 4.74 Å². The van der Waals surface area contributed by atoms with E-state index in [1.54, 1.807) is 0 Å². The number of hydrogen-bond acceptors (Lipinski definition) is 4. The zero-order valence-electron chi connectivity index (χ0n) is 41.3. The molecule has 0 spiro atoms. The normalized spacial score (nSPS) is 17.5. The Labute approximate surface area is 419 Å². The zero-order valence-corrected chi connectivity index (χ0v) is 42.3. The van der Waals surface area contributed by atoms with Gasteiger partial charge in [0.15, 0.2) is 25.5 Å². The molecule has 9 aromatic rings. The predicted octanol–water partition coefficient (Wildman–Crippen LogP) is 13.9. The maximum atomic E-state index is 6.98. The standard InChI is InChI=1S/C66H57N3OSi/c1-42-20-18-27-53(38-42)71(51-25-14-9-15-26-51,45(4)46-21-10-7-11-22-46)52-35-32-47(33-36-52)49-34-37-55-60(41-49)70-59-31-19-29-56(62(55)44(59)3)65-68-63(48-23-12-8-13-24-48)67-64(69-65)50-39-43(2)61-54-28-16-17-30-57(54)66(5,6)58(61)40-50/h7-30,32-41,44-45,59H,31H2,1-6H3/t44-,45+,59?,71?/m0/s1. The Morgan fingerprint density at radius 3 is 1.93 bits per heavy atom. The van der Waals surface area contributed by atoms with Crippen molar-refractivity contribution in [2.24, 2.45) is 5.92 Å². The predicted molar refractivity (Wildman–Crippen MR) is 296 cm³/mol. The van der Waals surface area contributed by atoms with Crippen molar-refractivity contribution in [3.05, 3.63) is 245 Å². The Bertz CT molecular complexity index is 3560. The lowest BCUT2D eigenvalue weighted by atomic mass is 9.81. The number of nitrogens with zero attached hydrogens (tertiary/aromatic N) is 3. The summed E-state index contributed by atoms with van der Waals surface area (Å²) in [5.74, 6) is 3.00. The average molecular weight is 936 g/mol. The van der Waals surface area contributed by atoms with Crippen molar-refractivity contribution >= 4 is 34.8 Å². The van der Waals surface area contributed by atoms with Crippen LogP contribution in [0.3, 0.4) is 0 Å². The van der Waals surface area contributed by atoms with E-state index in [9.17, 15) is 0 Å². The molecule has 0 fully saturated rings. The molecule has 8 aromatic carbocycles. The molecule has 0 saturated heterocycles. The van der Waals surface area contributed by atoms with Gasteiger partial charge in [0.1, 0.15) is 11.9 Å². The van der Waals surface area contributed by atoms with Gasteiger partial charge in [-0.15, -0.1) is 0 Å². The Hall–Kier alpha value is -7.73. The third-order valence-electron chi connectivity index (χ3n) is 15.9. The maximum Gasteiger partial charge on any atom is 0.164 e. The maximum absolute atomic E-state index is 6.98. The summed E-state index contributed by atoms with van der Waals surface area (Å²) in [6.07, 6.45) is 5.22. The van der Waals surface area contributed by atoms with Crippen LogP contribution in [-0.2, 0) is 5.41 Å². The van der Waals surface area contributed by atoms with Gasteiger partial charge >= 0.3 is 0 Å². The molecular formula is C66H57N3OSi. The molecule has 0 saturated carbocycles. The highest BCUT2D eigenvalue weighted by atomic mass is 28.3. The number of benzene rings is 8. The van der Waals surface area contributed by atoms with E-state index in [-0.39, 0.29) is 23.0 Å². The third-order valence-corrected chi connectivity index (χ3v) is 21.2. The lowest BCUT2D eigenvalue weighted by molar-refractivity contribution is 0.162. The fourth-order valence-electron chi connectivity index (χ4n) is 12.2. The van der Waals surface area contributed by atoms with E-state index in [2.05, 4.69) is 242 Å². The van der Waals surface area contributed by atoms with Crippen LogP contribution in [0.4, 0.5) is 0 Å². The van der Waals surface area contributed by atoms with Crippen LogP contribution in [-0.4, -0.2) is 29.1 Å². The lowest BCUT2D eigenvalue weighted by Crippen LogP contribution is -2.70. The van der Waals surface area contributed by atoms with E-state index >= 15 is 0 Å². The number of ether oxygens (including phenoxy) is 1. The van der Waals surface area contributed by atoms with Gasteiger partial charge in [-0.1, -0.05) is 221 Å². The second-order valence-corrected chi connectivity index (χ2v) is 24.6. The molecular weight excluding hydrogens is 879 g/mol. The molecule has 0 N–H and O–H groups in total. The summed E-state index contributed by atoms with van der Waals surface area (Å²) in [6, 6.07) is 71.6. The van der Waals surface area contributed by atoms with Crippen molar-refractivity contribution < 1.29 is 4.74 Å². The summed E-state index contributed by atoms with van der Waals surface area (Å²) in [7, 11) is -2.65. The number of fused-ring (bicyclic) bond motifs is 7. The summed E-state index contributed by atoms with van der Waals surface area (Å²) in [5, 5.41) is 4.22. The first-order valence-corrected chi connectivity index (χ1v) is 27.2. The van der Waals surface area contributed by atoms with Crippen molar-refractivity contribution in [2.45, 2.75) is 65.0 Å². The average Bonchev–Trinajstić information content (AvgIpc) is 3.58. The van der Waals surface area contributed by atoms with Crippen molar-refractivity contribution in [3.8, 4) is 50.8 Å². The van der Waals surface area contributed by atoms with E-state index in [1.807, 2.05) is 6.07 Å². The Balaban J connectivity index is 0.970. The highest BCUT2D eigenvalue weighted by molar-refractivity contribution is 7.12. The summed E-state index contributed by atoms with van der Waals surface area (Å²) in [5.41, 5.74) is 16.8. The van der Waals surface area contributed by atoms with Gasteiger partial charge in [-0.05, 0) is 103 Å². The molecule has 2 heterocycles. The van der Waals surface area contributed by atoms with Crippen LogP contribution >= 0.6 is 0 Å². The molecule has 1 aliphatic heterocycles. The molecule has 5 heteroatoms. The van der Waals surface area contributed by atoms with E-state index < -0.39 is 8.07 Å². The highest BCUT2D eigenvalue weighted by Crippen LogP contribution is 2.51. The van der Waals surface area contributed by atoms with E-state index in [0.717, 1.165) is 45.6 Å². The summed E-state index contributed by atoms with van der Waals surface area (Å²) < 4.78 is 6.98. The third kappa shape index (κ3) is 7.45. The van der Waals surface area contributed by atoms with Crippen LogP contribution in [0.15, 0.2) is 206 Å². The molecule has 2 unspecified atom stereocenters. The summed E-state index contributed by atoms with van der Waals surface area (Å²) in [4.78, 5) is 16.0. The smallest absolute Gasteiger partial charge is 0.164 e. The fourth-order valence-corrected chi connectivity index (χ4v) is 17.6. The van der Waals surface area contributed by atoms with Gasteiger partial charge in [0.05, 0.1) is 0 Å². The van der Waals surface area contributed by atoms with Gasteiger partial charge in [0.2, 0.25) is 0 Å². The number of aryl methyl sites for hydroxylation is 2. The van der Waals surface area contributed by atoms with Crippen LogP contribution in [0.1, 0.15) is 78.9 Å². The molecule has 4 atom stereocenters.